The summed E-state index contributed by atoms with van der Waals surface area (Å²) in [4.78, 5) is 0. The molecule has 0 saturated carbocycles. The third-order valence-corrected chi connectivity index (χ3v) is 4.18. The van der Waals surface area contributed by atoms with E-state index in [1.54, 1.807) is 6.26 Å². The van der Waals surface area contributed by atoms with Gasteiger partial charge in [0.2, 0.25) is 10.0 Å². The highest BCUT2D eigenvalue weighted by atomic mass is 32.2. The summed E-state index contributed by atoms with van der Waals surface area (Å²) in [6.45, 7) is 2.93. The topological polar surface area (TPSA) is 62.6 Å². The SMILES string of the molecule is Cc1ccoc1CNCCS(=O)(=O)N(C)C. The Morgan fingerprint density at radius 2 is 2.12 bits per heavy atom. The van der Waals surface area contributed by atoms with Gasteiger partial charge in [0.15, 0.2) is 0 Å². The summed E-state index contributed by atoms with van der Waals surface area (Å²) in [5.74, 6) is 0.946. The van der Waals surface area contributed by atoms with E-state index in [1.165, 1.54) is 18.4 Å². The number of aryl methyl sites for hydroxylation is 1. The van der Waals surface area contributed by atoms with E-state index in [9.17, 15) is 8.42 Å². The molecule has 1 heterocycles. The predicted molar refractivity (Wildman–Crippen MR) is 62.6 cm³/mol. The largest absolute Gasteiger partial charge is 0.468 e. The van der Waals surface area contributed by atoms with Gasteiger partial charge in [0, 0.05) is 20.6 Å². The predicted octanol–water partition coefficient (Wildman–Crippen LogP) is 0.569. The van der Waals surface area contributed by atoms with Crippen molar-refractivity contribution in [2.45, 2.75) is 13.5 Å². The molecule has 0 fully saturated rings. The summed E-state index contributed by atoms with van der Waals surface area (Å²) in [7, 11) is -0.0417. The molecule has 0 radical (unpaired) electrons. The molecule has 5 nitrogen and oxygen atoms in total. The van der Waals surface area contributed by atoms with Crippen molar-refractivity contribution in [3.8, 4) is 0 Å². The number of hydrogen-bond donors (Lipinski definition) is 1. The highest BCUT2D eigenvalue weighted by Gasteiger charge is 2.12. The maximum Gasteiger partial charge on any atom is 0.214 e. The summed E-state index contributed by atoms with van der Waals surface area (Å²) < 4.78 is 29.3. The van der Waals surface area contributed by atoms with Crippen molar-refractivity contribution in [1.29, 1.82) is 0 Å². The van der Waals surface area contributed by atoms with Crippen LogP contribution in [-0.4, -0.2) is 39.1 Å². The minimum absolute atomic E-state index is 0.0970. The molecule has 0 aromatic carbocycles. The van der Waals surface area contributed by atoms with Crippen molar-refractivity contribution in [2.24, 2.45) is 0 Å². The zero-order chi connectivity index (χ0) is 12.2. The van der Waals surface area contributed by atoms with Crippen molar-refractivity contribution >= 4 is 10.0 Å². The average Bonchev–Trinajstić information content (AvgIpc) is 2.59. The van der Waals surface area contributed by atoms with Crippen molar-refractivity contribution < 1.29 is 12.8 Å². The van der Waals surface area contributed by atoms with E-state index in [0.29, 0.717) is 13.1 Å². The summed E-state index contributed by atoms with van der Waals surface area (Å²) in [5, 5.41) is 3.04. The van der Waals surface area contributed by atoms with Crippen molar-refractivity contribution in [3.05, 3.63) is 23.7 Å². The quantitative estimate of drug-likeness (QED) is 0.745. The number of furan rings is 1. The summed E-state index contributed by atoms with van der Waals surface area (Å²) in [5.41, 5.74) is 1.07. The molecule has 1 N–H and O–H groups in total. The summed E-state index contributed by atoms with van der Waals surface area (Å²) >= 11 is 0. The van der Waals surface area contributed by atoms with Gasteiger partial charge in [0.1, 0.15) is 5.76 Å². The molecular weight excluding hydrogens is 228 g/mol. The van der Waals surface area contributed by atoms with Gasteiger partial charge in [0.25, 0.3) is 0 Å². The molecule has 0 saturated heterocycles. The maximum atomic E-state index is 11.4. The Kier molecular flexibility index (Phi) is 4.52. The zero-order valence-corrected chi connectivity index (χ0v) is 10.7. The number of hydrogen-bond acceptors (Lipinski definition) is 4. The lowest BCUT2D eigenvalue weighted by molar-refractivity contribution is 0.481. The Morgan fingerprint density at radius 3 is 2.62 bits per heavy atom. The van der Waals surface area contributed by atoms with Crippen LogP contribution in [0.2, 0.25) is 0 Å². The van der Waals surface area contributed by atoms with Gasteiger partial charge in [-0.2, -0.15) is 0 Å². The molecule has 0 atom stereocenters. The smallest absolute Gasteiger partial charge is 0.214 e. The molecule has 0 aliphatic rings. The lowest BCUT2D eigenvalue weighted by Gasteiger charge is -2.11. The van der Waals surface area contributed by atoms with E-state index in [4.69, 9.17) is 4.42 Å². The van der Waals surface area contributed by atoms with E-state index < -0.39 is 10.0 Å². The maximum absolute atomic E-state index is 11.4. The van der Waals surface area contributed by atoms with Crippen LogP contribution in [0.25, 0.3) is 0 Å². The molecule has 1 rings (SSSR count). The molecule has 0 aliphatic heterocycles. The van der Waals surface area contributed by atoms with Crippen molar-refractivity contribution in [3.63, 3.8) is 0 Å². The van der Waals surface area contributed by atoms with Crippen LogP contribution in [0.15, 0.2) is 16.7 Å². The minimum Gasteiger partial charge on any atom is -0.468 e. The van der Waals surface area contributed by atoms with E-state index in [0.717, 1.165) is 11.3 Å². The Labute approximate surface area is 96.5 Å². The van der Waals surface area contributed by atoms with Gasteiger partial charge >= 0.3 is 0 Å². The molecule has 0 bridgehead atoms. The third kappa shape index (κ3) is 3.62. The van der Waals surface area contributed by atoms with E-state index in [1.807, 2.05) is 13.0 Å². The normalized spacial score (nSPS) is 12.2. The van der Waals surface area contributed by atoms with Gasteiger partial charge in [-0.15, -0.1) is 0 Å². The van der Waals surface area contributed by atoms with E-state index >= 15 is 0 Å². The van der Waals surface area contributed by atoms with Gasteiger partial charge in [-0.05, 0) is 18.6 Å². The van der Waals surface area contributed by atoms with Crippen LogP contribution >= 0.6 is 0 Å². The van der Waals surface area contributed by atoms with Gasteiger partial charge in [-0.1, -0.05) is 0 Å². The zero-order valence-electron chi connectivity index (χ0n) is 9.86. The van der Waals surface area contributed by atoms with Crippen molar-refractivity contribution in [2.75, 3.05) is 26.4 Å². The van der Waals surface area contributed by atoms with Crippen LogP contribution in [0.1, 0.15) is 11.3 Å². The Bertz CT molecular complexity index is 423. The second-order valence-electron chi connectivity index (χ2n) is 3.80. The summed E-state index contributed by atoms with van der Waals surface area (Å²) in [6.07, 6.45) is 1.63. The van der Waals surface area contributed by atoms with Gasteiger partial charge in [-0.3, -0.25) is 0 Å². The van der Waals surface area contributed by atoms with Crippen LogP contribution in [0.5, 0.6) is 0 Å². The van der Waals surface area contributed by atoms with Crippen LogP contribution in [0.3, 0.4) is 0 Å². The van der Waals surface area contributed by atoms with E-state index in [2.05, 4.69) is 5.32 Å². The molecular formula is C10H18N2O3S. The number of sulfonamides is 1. The van der Waals surface area contributed by atoms with Crippen LogP contribution in [0, 0.1) is 6.92 Å². The van der Waals surface area contributed by atoms with E-state index in [-0.39, 0.29) is 5.75 Å². The monoisotopic (exact) mass is 246 g/mol. The standard InChI is InChI=1S/C10H18N2O3S/c1-9-4-6-15-10(9)8-11-5-7-16(13,14)12(2)3/h4,6,11H,5,7-8H2,1-3H3. The molecule has 0 unspecified atom stereocenters. The number of rotatable bonds is 6. The lowest BCUT2D eigenvalue weighted by atomic mass is 10.3. The Morgan fingerprint density at radius 1 is 1.44 bits per heavy atom. The average molecular weight is 246 g/mol. The van der Waals surface area contributed by atoms with Crippen LogP contribution in [0.4, 0.5) is 0 Å². The molecule has 92 valence electrons. The first-order valence-corrected chi connectivity index (χ1v) is 6.68. The molecule has 1 aromatic rings. The molecule has 0 amide bonds. The fraction of sp³-hybridized carbons (Fsp3) is 0.600. The minimum atomic E-state index is -3.11. The Balaban J connectivity index is 2.30. The highest BCUT2D eigenvalue weighted by molar-refractivity contribution is 7.89. The van der Waals surface area contributed by atoms with Crippen LogP contribution < -0.4 is 5.32 Å². The van der Waals surface area contributed by atoms with Gasteiger partial charge in [0.05, 0.1) is 18.6 Å². The van der Waals surface area contributed by atoms with Crippen molar-refractivity contribution in [1.82, 2.24) is 9.62 Å². The second kappa shape index (κ2) is 5.47. The second-order valence-corrected chi connectivity index (χ2v) is 6.10. The number of nitrogens with zero attached hydrogens (tertiary/aromatic N) is 1. The van der Waals surface area contributed by atoms with Gasteiger partial charge in [-0.25, -0.2) is 12.7 Å². The third-order valence-electron chi connectivity index (χ3n) is 2.35. The fourth-order valence-corrected chi connectivity index (χ4v) is 1.94. The lowest BCUT2D eigenvalue weighted by Crippen LogP contribution is -2.31. The molecule has 0 spiro atoms. The first-order chi connectivity index (χ1) is 7.43. The molecule has 6 heteroatoms. The molecule has 0 aliphatic carbocycles. The molecule has 16 heavy (non-hydrogen) atoms. The highest BCUT2D eigenvalue weighted by Crippen LogP contribution is 2.07. The summed E-state index contributed by atoms with van der Waals surface area (Å²) in [6, 6.07) is 1.88. The molecule has 1 aromatic heterocycles. The van der Waals surface area contributed by atoms with Gasteiger partial charge < -0.3 is 9.73 Å². The van der Waals surface area contributed by atoms with Crippen LogP contribution in [-0.2, 0) is 16.6 Å². The fourth-order valence-electron chi connectivity index (χ4n) is 1.17. The first kappa shape index (κ1) is 13.2. The Hall–Kier alpha value is -0.850. The number of nitrogens with one attached hydrogen (secondary N) is 1. The first-order valence-electron chi connectivity index (χ1n) is 5.07.